The number of carbonyl (C=O) groups is 1. The summed E-state index contributed by atoms with van der Waals surface area (Å²) in [5, 5.41) is 7.11. The van der Waals surface area contributed by atoms with Crippen LogP contribution in [0.15, 0.2) is 59.8 Å². The van der Waals surface area contributed by atoms with Gasteiger partial charge in [-0.2, -0.15) is 14.8 Å². The van der Waals surface area contributed by atoms with E-state index >= 15 is 0 Å². The van der Waals surface area contributed by atoms with Crippen LogP contribution in [0, 0.1) is 5.92 Å². The fourth-order valence-electron chi connectivity index (χ4n) is 3.50. The molecule has 1 aromatic heterocycles. The molecule has 0 radical (unpaired) electrons. The summed E-state index contributed by atoms with van der Waals surface area (Å²) in [5.74, 6) is 0.234. The van der Waals surface area contributed by atoms with Gasteiger partial charge in [0.25, 0.3) is 15.9 Å². The van der Waals surface area contributed by atoms with Crippen molar-refractivity contribution in [1.29, 1.82) is 0 Å². The first-order valence-corrected chi connectivity index (χ1v) is 10.4. The second-order valence-corrected chi connectivity index (χ2v) is 8.63. The summed E-state index contributed by atoms with van der Waals surface area (Å²) in [6.07, 6.45) is 3.41. The average molecular weight is 395 g/mol. The van der Waals surface area contributed by atoms with Crippen molar-refractivity contribution < 1.29 is 13.2 Å². The minimum atomic E-state index is -3.82. The van der Waals surface area contributed by atoms with Crippen molar-refractivity contribution >= 4 is 21.9 Å². The van der Waals surface area contributed by atoms with Crippen LogP contribution in [-0.2, 0) is 10.0 Å². The minimum Gasteiger partial charge on any atom is -0.345 e. The third-order valence-corrected chi connectivity index (χ3v) is 6.41. The molecule has 2 N–H and O–H groups in total. The Balaban J connectivity index is 1.48. The van der Waals surface area contributed by atoms with Crippen molar-refractivity contribution in [2.24, 2.45) is 5.92 Å². The molecule has 3 aromatic rings. The lowest BCUT2D eigenvalue weighted by Crippen LogP contribution is -2.30. The number of carbonyl (C=O) groups excluding carboxylic acids is 1. The van der Waals surface area contributed by atoms with Gasteiger partial charge in [0.1, 0.15) is 11.2 Å². The van der Waals surface area contributed by atoms with E-state index in [1.807, 2.05) is 30.3 Å². The van der Waals surface area contributed by atoms with Crippen molar-refractivity contribution in [3.8, 4) is 5.69 Å². The van der Waals surface area contributed by atoms with Crippen LogP contribution in [0.1, 0.15) is 34.8 Å². The van der Waals surface area contributed by atoms with E-state index in [0.717, 1.165) is 18.4 Å². The summed E-state index contributed by atoms with van der Waals surface area (Å²) in [7, 11) is -3.82. The maximum atomic E-state index is 12.9. The Morgan fingerprint density at radius 3 is 2.71 bits per heavy atom. The van der Waals surface area contributed by atoms with Gasteiger partial charge >= 0.3 is 0 Å². The molecule has 0 bridgehead atoms. The number of benzene rings is 2. The van der Waals surface area contributed by atoms with Gasteiger partial charge < -0.3 is 5.32 Å². The molecule has 9 heteroatoms. The zero-order chi connectivity index (χ0) is 19.3. The lowest BCUT2D eigenvalue weighted by atomic mass is 10.0. The van der Waals surface area contributed by atoms with Gasteiger partial charge in [-0.1, -0.05) is 30.3 Å². The number of hydrogen-bond donors (Lipinski definition) is 2. The zero-order valence-electron chi connectivity index (χ0n) is 14.7. The van der Waals surface area contributed by atoms with Crippen LogP contribution in [-0.4, -0.2) is 29.1 Å². The average Bonchev–Trinajstić information content (AvgIpc) is 3.44. The van der Waals surface area contributed by atoms with Crippen molar-refractivity contribution in [3.63, 3.8) is 0 Å². The Hall–Kier alpha value is -3.20. The number of aromatic nitrogens is 3. The maximum Gasteiger partial charge on any atom is 0.266 e. The standard InChI is InChI=1S/C19H17N5O3S/c25-18(22-17(13-6-7-13)12-4-2-1-3-5-12)14-8-9-15-16(10-14)28(26,27)23-19-20-11-21-24(15)19/h1-5,8-11,13,17H,6-7H2,(H,22,25)(H,20,21,23)/t17-/m1/s1. The number of nitrogens with one attached hydrogen (secondary N) is 2. The molecule has 2 heterocycles. The van der Waals surface area contributed by atoms with E-state index in [2.05, 4.69) is 20.1 Å². The Labute approximate surface area is 161 Å². The second kappa shape index (κ2) is 6.16. The van der Waals surface area contributed by atoms with Crippen molar-refractivity contribution in [1.82, 2.24) is 20.1 Å². The molecule has 1 saturated carbocycles. The Morgan fingerprint density at radius 2 is 1.96 bits per heavy atom. The molecule has 0 saturated heterocycles. The molecule has 0 unspecified atom stereocenters. The minimum absolute atomic E-state index is 0.000771. The van der Waals surface area contributed by atoms with Crippen LogP contribution < -0.4 is 10.0 Å². The Morgan fingerprint density at radius 1 is 1.18 bits per heavy atom. The van der Waals surface area contributed by atoms with Gasteiger partial charge in [-0.3, -0.25) is 4.79 Å². The number of amides is 1. The molecule has 0 spiro atoms. The van der Waals surface area contributed by atoms with Crippen molar-refractivity contribution in [3.05, 3.63) is 66.0 Å². The van der Waals surface area contributed by atoms with Gasteiger partial charge in [-0.15, -0.1) is 0 Å². The monoisotopic (exact) mass is 395 g/mol. The maximum absolute atomic E-state index is 12.9. The number of anilines is 1. The summed E-state index contributed by atoms with van der Waals surface area (Å²) in [5.41, 5.74) is 1.71. The summed E-state index contributed by atoms with van der Waals surface area (Å²) in [6.45, 7) is 0. The van der Waals surface area contributed by atoms with Crippen LogP contribution in [0.2, 0.25) is 0 Å². The third kappa shape index (κ3) is 2.84. The molecule has 2 aromatic carbocycles. The molecular formula is C19H17N5O3S. The molecule has 2 aliphatic rings. The first-order chi connectivity index (χ1) is 13.5. The van der Waals surface area contributed by atoms with Crippen LogP contribution >= 0.6 is 0 Å². The smallest absolute Gasteiger partial charge is 0.266 e. The van der Waals surface area contributed by atoms with E-state index < -0.39 is 10.0 Å². The predicted octanol–water partition coefficient (Wildman–Crippen LogP) is 2.26. The van der Waals surface area contributed by atoms with Crippen LogP contribution in [0.3, 0.4) is 0 Å². The van der Waals surface area contributed by atoms with Gasteiger partial charge in [-0.25, -0.2) is 13.1 Å². The SMILES string of the molecule is O=C(N[C@H](c1ccccc1)C1CC1)c1ccc2c(c1)S(=O)(=O)Nc1ncnn1-2. The highest BCUT2D eigenvalue weighted by atomic mass is 32.2. The lowest BCUT2D eigenvalue weighted by Gasteiger charge is -2.21. The number of fused-ring (bicyclic) bond motifs is 3. The van der Waals surface area contributed by atoms with Crippen molar-refractivity contribution in [2.45, 2.75) is 23.8 Å². The topological polar surface area (TPSA) is 106 Å². The highest BCUT2D eigenvalue weighted by molar-refractivity contribution is 7.93. The predicted molar refractivity (Wildman–Crippen MR) is 102 cm³/mol. The van der Waals surface area contributed by atoms with E-state index in [1.54, 1.807) is 12.1 Å². The molecule has 1 aliphatic carbocycles. The van der Waals surface area contributed by atoms with E-state index in [-0.39, 0.29) is 28.4 Å². The molecule has 1 amide bonds. The quantitative estimate of drug-likeness (QED) is 0.705. The number of rotatable bonds is 4. The summed E-state index contributed by atoms with van der Waals surface area (Å²) >= 11 is 0. The Bertz CT molecular complexity index is 1170. The molecule has 8 nitrogen and oxygen atoms in total. The fraction of sp³-hybridized carbons (Fsp3) is 0.211. The largest absolute Gasteiger partial charge is 0.345 e. The molecule has 1 atom stereocenters. The van der Waals surface area contributed by atoms with Gasteiger partial charge in [0, 0.05) is 5.56 Å². The number of nitrogens with zero attached hydrogens (tertiary/aromatic N) is 3. The lowest BCUT2D eigenvalue weighted by molar-refractivity contribution is 0.0931. The molecule has 142 valence electrons. The molecule has 1 aliphatic heterocycles. The number of sulfonamides is 1. The molecular weight excluding hydrogens is 378 g/mol. The van der Waals surface area contributed by atoms with Crippen LogP contribution in [0.25, 0.3) is 5.69 Å². The molecule has 28 heavy (non-hydrogen) atoms. The van der Waals surface area contributed by atoms with Gasteiger partial charge in [0.05, 0.1) is 11.7 Å². The van der Waals surface area contributed by atoms with Crippen molar-refractivity contribution in [2.75, 3.05) is 4.72 Å². The van der Waals surface area contributed by atoms with E-state index in [9.17, 15) is 13.2 Å². The first-order valence-electron chi connectivity index (χ1n) is 8.96. The fourth-order valence-corrected chi connectivity index (χ4v) is 4.70. The normalized spacial score (nSPS) is 17.7. The third-order valence-electron chi connectivity index (χ3n) is 5.05. The van der Waals surface area contributed by atoms with Gasteiger partial charge in [-0.05, 0) is 42.5 Å². The zero-order valence-corrected chi connectivity index (χ0v) is 15.6. The summed E-state index contributed by atoms with van der Waals surface area (Å²) in [4.78, 5) is 16.8. The van der Waals surface area contributed by atoms with Crippen LogP contribution in [0.5, 0.6) is 0 Å². The second-order valence-electron chi connectivity index (χ2n) is 6.98. The number of hydrogen-bond acceptors (Lipinski definition) is 5. The summed E-state index contributed by atoms with van der Waals surface area (Å²) in [6, 6.07) is 14.3. The molecule has 1 fully saturated rings. The summed E-state index contributed by atoms with van der Waals surface area (Å²) < 4.78 is 28.9. The van der Waals surface area contributed by atoms with E-state index in [4.69, 9.17) is 0 Å². The van der Waals surface area contributed by atoms with Gasteiger partial charge in [0.2, 0.25) is 5.95 Å². The van der Waals surface area contributed by atoms with Crippen LogP contribution in [0.4, 0.5) is 5.95 Å². The highest BCUT2D eigenvalue weighted by Gasteiger charge is 2.34. The van der Waals surface area contributed by atoms with E-state index in [0.29, 0.717) is 11.6 Å². The highest BCUT2D eigenvalue weighted by Crippen LogP contribution is 2.41. The van der Waals surface area contributed by atoms with E-state index in [1.165, 1.54) is 17.1 Å². The first kappa shape index (κ1) is 16.9. The Kier molecular flexibility index (Phi) is 3.73. The van der Waals surface area contributed by atoms with Gasteiger partial charge in [0.15, 0.2) is 0 Å². The molecule has 5 rings (SSSR count).